The predicted molar refractivity (Wildman–Crippen MR) is 107 cm³/mol. The molecular formula is C21H16ClFN4O. The number of hydrogen-bond donors (Lipinski definition) is 1. The average molecular weight is 395 g/mol. The highest BCUT2D eigenvalue weighted by molar-refractivity contribution is 6.31. The normalized spacial score (nSPS) is 11.0. The number of benzene rings is 2. The Balaban J connectivity index is 1.72. The highest BCUT2D eigenvalue weighted by Crippen LogP contribution is 2.25. The average Bonchev–Trinajstić information content (AvgIpc) is 3.08. The van der Waals surface area contributed by atoms with Crippen molar-refractivity contribution in [3.8, 4) is 11.3 Å². The lowest BCUT2D eigenvalue weighted by Crippen LogP contribution is -2.23. The smallest absolute Gasteiger partial charge is 0.252 e. The van der Waals surface area contributed by atoms with Crippen molar-refractivity contribution in [1.29, 1.82) is 0 Å². The third-order valence-corrected chi connectivity index (χ3v) is 4.86. The summed E-state index contributed by atoms with van der Waals surface area (Å²) in [5.41, 5.74) is 3.13. The molecule has 4 aromatic rings. The fourth-order valence-corrected chi connectivity index (χ4v) is 3.19. The van der Waals surface area contributed by atoms with Gasteiger partial charge in [0.05, 0.1) is 22.8 Å². The van der Waals surface area contributed by atoms with E-state index in [2.05, 4.69) is 15.4 Å². The Bertz CT molecular complexity index is 1170. The topological polar surface area (TPSA) is 59.8 Å². The number of pyridine rings is 1. The molecule has 28 heavy (non-hydrogen) atoms. The summed E-state index contributed by atoms with van der Waals surface area (Å²) in [6.45, 7) is 0.300. The molecule has 0 aliphatic rings. The van der Waals surface area contributed by atoms with Crippen LogP contribution in [0.25, 0.3) is 22.3 Å². The van der Waals surface area contributed by atoms with Crippen LogP contribution in [0.15, 0.2) is 60.8 Å². The van der Waals surface area contributed by atoms with Gasteiger partial charge in [-0.25, -0.2) is 9.37 Å². The lowest BCUT2D eigenvalue weighted by Gasteiger charge is -2.10. The fourth-order valence-electron chi connectivity index (χ4n) is 2.98. The van der Waals surface area contributed by atoms with E-state index in [1.54, 1.807) is 42.2 Å². The largest absolute Gasteiger partial charge is 0.348 e. The molecule has 4 rings (SSSR count). The number of carbonyl (C=O) groups is 1. The predicted octanol–water partition coefficient (Wildman–Crippen LogP) is 4.36. The van der Waals surface area contributed by atoms with Crippen LogP contribution in [0.2, 0.25) is 5.02 Å². The van der Waals surface area contributed by atoms with Gasteiger partial charge >= 0.3 is 0 Å². The molecule has 0 aliphatic carbocycles. The first-order valence-corrected chi connectivity index (χ1v) is 9.01. The van der Waals surface area contributed by atoms with Gasteiger partial charge in [0.2, 0.25) is 0 Å². The van der Waals surface area contributed by atoms with Gasteiger partial charge in [-0.3, -0.25) is 9.48 Å². The van der Waals surface area contributed by atoms with Gasteiger partial charge in [-0.15, -0.1) is 0 Å². The van der Waals surface area contributed by atoms with Crippen LogP contribution >= 0.6 is 11.6 Å². The van der Waals surface area contributed by atoms with E-state index in [0.29, 0.717) is 39.4 Å². The molecule has 0 spiro atoms. The molecule has 140 valence electrons. The van der Waals surface area contributed by atoms with Gasteiger partial charge in [-0.2, -0.15) is 5.10 Å². The first kappa shape index (κ1) is 18.1. The Labute approximate surface area is 165 Å². The number of nitrogens with zero attached hydrogens (tertiary/aromatic N) is 3. The molecule has 5 nitrogen and oxygen atoms in total. The van der Waals surface area contributed by atoms with E-state index in [0.717, 1.165) is 5.56 Å². The van der Waals surface area contributed by atoms with Crippen LogP contribution in [0, 0.1) is 5.82 Å². The van der Waals surface area contributed by atoms with Crippen molar-refractivity contribution in [2.75, 3.05) is 0 Å². The zero-order chi connectivity index (χ0) is 19.7. The molecule has 0 saturated heterocycles. The molecule has 0 saturated carbocycles. The minimum absolute atomic E-state index is 0.260. The molecule has 0 fully saturated rings. The molecule has 0 unspecified atom stereocenters. The number of amides is 1. The maximum Gasteiger partial charge on any atom is 0.252 e. The van der Waals surface area contributed by atoms with Crippen molar-refractivity contribution < 1.29 is 9.18 Å². The number of fused-ring (bicyclic) bond motifs is 1. The Morgan fingerprint density at radius 2 is 1.93 bits per heavy atom. The molecular weight excluding hydrogens is 379 g/mol. The van der Waals surface area contributed by atoms with Crippen LogP contribution in [0.5, 0.6) is 0 Å². The molecule has 7 heteroatoms. The fraction of sp³-hybridized carbons (Fsp3) is 0.0952. The van der Waals surface area contributed by atoms with E-state index in [4.69, 9.17) is 11.6 Å². The molecule has 0 atom stereocenters. The maximum atomic E-state index is 13.3. The van der Waals surface area contributed by atoms with Crippen LogP contribution in [-0.2, 0) is 13.6 Å². The molecule has 2 aromatic heterocycles. The molecule has 2 heterocycles. The molecule has 2 aromatic carbocycles. The summed E-state index contributed by atoms with van der Waals surface area (Å²) < 4.78 is 14.9. The van der Waals surface area contributed by atoms with Crippen LogP contribution in [0.1, 0.15) is 15.9 Å². The second kappa shape index (κ2) is 7.40. The lowest BCUT2D eigenvalue weighted by atomic mass is 10.1. The van der Waals surface area contributed by atoms with Crippen LogP contribution < -0.4 is 5.32 Å². The number of aromatic nitrogens is 3. The number of hydrogen-bond acceptors (Lipinski definition) is 3. The van der Waals surface area contributed by atoms with Crippen molar-refractivity contribution in [2.45, 2.75) is 6.54 Å². The van der Waals surface area contributed by atoms with Crippen molar-refractivity contribution in [1.82, 2.24) is 20.1 Å². The SMILES string of the molecule is Cn1ncc2c(C(=O)NCc3ccccc3Cl)cc(-c3ccc(F)cc3)nc21. The van der Waals surface area contributed by atoms with Crippen LogP contribution in [0.3, 0.4) is 0 Å². The van der Waals surface area contributed by atoms with E-state index in [1.165, 1.54) is 12.1 Å². The lowest BCUT2D eigenvalue weighted by molar-refractivity contribution is 0.0952. The molecule has 0 aliphatic heterocycles. The van der Waals surface area contributed by atoms with Gasteiger partial charge in [0, 0.05) is 24.2 Å². The van der Waals surface area contributed by atoms with E-state index in [-0.39, 0.29) is 11.7 Å². The molecule has 1 N–H and O–H groups in total. The third-order valence-electron chi connectivity index (χ3n) is 4.49. The minimum atomic E-state index is -0.330. The number of carbonyl (C=O) groups excluding carboxylic acids is 1. The summed E-state index contributed by atoms with van der Waals surface area (Å²) >= 11 is 6.16. The molecule has 1 amide bonds. The second-order valence-electron chi connectivity index (χ2n) is 6.34. The Kier molecular flexibility index (Phi) is 4.79. The van der Waals surface area contributed by atoms with Gasteiger partial charge in [0.15, 0.2) is 5.65 Å². The second-order valence-corrected chi connectivity index (χ2v) is 6.75. The Hall–Kier alpha value is -3.25. The highest BCUT2D eigenvalue weighted by atomic mass is 35.5. The summed E-state index contributed by atoms with van der Waals surface area (Å²) in [5.74, 6) is -0.591. The third kappa shape index (κ3) is 3.46. The summed E-state index contributed by atoms with van der Waals surface area (Å²) in [4.78, 5) is 17.5. The Morgan fingerprint density at radius 3 is 2.68 bits per heavy atom. The first-order valence-electron chi connectivity index (χ1n) is 8.63. The Morgan fingerprint density at radius 1 is 1.18 bits per heavy atom. The van der Waals surface area contributed by atoms with Crippen LogP contribution in [0.4, 0.5) is 4.39 Å². The number of rotatable bonds is 4. The highest BCUT2D eigenvalue weighted by Gasteiger charge is 2.17. The zero-order valence-electron chi connectivity index (χ0n) is 15.0. The summed E-state index contributed by atoms with van der Waals surface area (Å²) in [7, 11) is 1.76. The van der Waals surface area contributed by atoms with Crippen LogP contribution in [-0.4, -0.2) is 20.7 Å². The summed E-state index contributed by atoms with van der Waals surface area (Å²) in [6, 6.07) is 15.0. The monoisotopic (exact) mass is 394 g/mol. The standard InChI is InChI=1S/C21H16ClFN4O/c1-27-20-17(12-25-27)16(10-19(26-20)13-6-8-15(23)9-7-13)21(28)24-11-14-4-2-3-5-18(14)22/h2-10,12H,11H2,1H3,(H,24,28). The van der Waals surface area contributed by atoms with E-state index in [1.807, 2.05) is 18.2 Å². The van der Waals surface area contributed by atoms with Gasteiger partial charge in [0.1, 0.15) is 5.82 Å². The van der Waals surface area contributed by atoms with E-state index >= 15 is 0 Å². The van der Waals surface area contributed by atoms with Gasteiger partial charge in [0.25, 0.3) is 5.91 Å². The van der Waals surface area contributed by atoms with E-state index in [9.17, 15) is 9.18 Å². The summed E-state index contributed by atoms with van der Waals surface area (Å²) in [6.07, 6.45) is 1.61. The summed E-state index contributed by atoms with van der Waals surface area (Å²) in [5, 5.41) is 8.35. The van der Waals surface area contributed by atoms with Crippen molar-refractivity contribution >= 4 is 28.5 Å². The molecule has 0 radical (unpaired) electrons. The minimum Gasteiger partial charge on any atom is -0.348 e. The van der Waals surface area contributed by atoms with Crippen molar-refractivity contribution in [3.63, 3.8) is 0 Å². The van der Waals surface area contributed by atoms with Crippen molar-refractivity contribution in [2.24, 2.45) is 7.05 Å². The van der Waals surface area contributed by atoms with Gasteiger partial charge < -0.3 is 5.32 Å². The zero-order valence-corrected chi connectivity index (χ0v) is 15.7. The quantitative estimate of drug-likeness (QED) is 0.559. The molecule has 0 bridgehead atoms. The number of halogens is 2. The van der Waals surface area contributed by atoms with E-state index < -0.39 is 0 Å². The number of nitrogens with one attached hydrogen (secondary N) is 1. The maximum absolute atomic E-state index is 13.3. The van der Waals surface area contributed by atoms with Gasteiger partial charge in [-0.05, 0) is 42.0 Å². The first-order chi connectivity index (χ1) is 13.5. The van der Waals surface area contributed by atoms with Gasteiger partial charge in [-0.1, -0.05) is 29.8 Å². The number of aryl methyl sites for hydroxylation is 1. The van der Waals surface area contributed by atoms with Crippen molar-refractivity contribution in [3.05, 3.63) is 82.8 Å².